The van der Waals surface area contributed by atoms with Crippen molar-refractivity contribution in [3.8, 4) is 0 Å². The van der Waals surface area contributed by atoms with Gasteiger partial charge in [-0.25, -0.2) is 0 Å². The number of nitrogens with one attached hydrogen (secondary N) is 1. The second-order valence-corrected chi connectivity index (χ2v) is 6.53. The molecule has 0 fully saturated rings. The van der Waals surface area contributed by atoms with Gasteiger partial charge < -0.3 is 5.32 Å². The Morgan fingerprint density at radius 1 is 1.18 bits per heavy atom. The Bertz CT molecular complexity index is 604. The highest BCUT2D eigenvalue weighted by atomic mass is 15.3. The Morgan fingerprint density at radius 2 is 2.05 bits per heavy atom. The summed E-state index contributed by atoms with van der Waals surface area (Å²) in [5, 5.41) is 7.83. The fraction of sp³-hybridized carbons (Fsp3) is 0.500. The summed E-state index contributed by atoms with van der Waals surface area (Å²) in [6, 6.07) is 9.21. The molecule has 118 valence electrons. The Hall–Kier alpha value is -1.81. The van der Waals surface area contributed by atoms with Crippen LogP contribution in [0.15, 0.2) is 36.7 Å². The molecule has 1 atom stereocenters. The van der Waals surface area contributed by atoms with E-state index in [1.165, 1.54) is 16.8 Å². The Kier molecular flexibility index (Phi) is 4.48. The number of nitrogens with zero attached hydrogens (tertiary/aromatic N) is 3. The first kappa shape index (κ1) is 15.1. The van der Waals surface area contributed by atoms with Crippen LogP contribution < -0.4 is 5.32 Å². The minimum absolute atomic E-state index is 0.615. The minimum Gasteiger partial charge on any atom is -0.383 e. The van der Waals surface area contributed by atoms with E-state index in [0.717, 1.165) is 26.2 Å². The van der Waals surface area contributed by atoms with Gasteiger partial charge in [0.2, 0.25) is 0 Å². The maximum atomic E-state index is 4.24. The molecule has 0 saturated heterocycles. The van der Waals surface area contributed by atoms with Gasteiger partial charge in [0.1, 0.15) is 0 Å². The van der Waals surface area contributed by atoms with Crippen LogP contribution in [0, 0.1) is 5.92 Å². The van der Waals surface area contributed by atoms with Crippen molar-refractivity contribution in [1.29, 1.82) is 0 Å². The van der Waals surface area contributed by atoms with Gasteiger partial charge in [0.15, 0.2) is 0 Å². The molecule has 2 heterocycles. The second kappa shape index (κ2) is 6.53. The third-order valence-electron chi connectivity index (χ3n) is 4.76. The zero-order valence-corrected chi connectivity index (χ0v) is 13.8. The van der Waals surface area contributed by atoms with Crippen molar-refractivity contribution in [3.63, 3.8) is 0 Å². The molecule has 1 aromatic carbocycles. The maximum absolute atomic E-state index is 4.24. The van der Waals surface area contributed by atoms with Crippen LogP contribution in [-0.2, 0) is 19.6 Å². The standard InChI is InChI=1S/C18H26N4/c1-14(2)15(3)21-12-16-6-4-7-18(17(16)13-21)19-9-11-22-10-5-8-20-22/h4-8,10,14-15,19H,9,11-13H2,1-3H3/t15-/m1/s1. The number of benzene rings is 1. The van der Waals surface area contributed by atoms with Gasteiger partial charge in [-0.15, -0.1) is 0 Å². The number of aromatic nitrogens is 2. The van der Waals surface area contributed by atoms with Crippen LogP contribution >= 0.6 is 0 Å². The van der Waals surface area contributed by atoms with Gasteiger partial charge >= 0.3 is 0 Å². The van der Waals surface area contributed by atoms with Gasteiger partial charge in [-0.2, -0.15) is 5.10 Å². The van der Waals surface area contributed by atoms with Crippen LogP contribution in [-0.4, -0.2) is 27.3 Å². The third-order valence-corrected chi connectivity index (χ3v) is 4.76. The SMILES string of the molecule is CC(C)[C@@H](C)N1Cc2cccc(NCCn3cccn3)c2C1. The summed E-state index contributed by atoms with van der Waals surface area (Å²) in [5.41, 5.74) is 4.22. The molecule has 4 nitrogen and oxygen atoms in total. The van der Waals surface area contributed by atoms with E-state index in [1.54, 1.807) is 0 Å². The number of hydrogen-bond donors (Lipinski definition) is 1. The molecule has 0 spiro atoms. The lowest BCUT2D eigenvalue weighted by Gasteiger charge is -2.27. The fourth-order valence-corrected chi connectivity index (χ4v) is 3.06. The van der Waals surface area contributed by atoms with Crippen molar-refractivity contribution >= 4 is 5.69 Å². The van der Waals surface area contributed by atoms with Crippen LogP contribution in [0.5, 0.6) is 0 Å². The zero-order chi connectivity index (χ0) is 15.5. The van der Waals surface area contributed by atoms with Crippen LogP contribution in [0.2, 0.25) is 0 Å². The molecule has 1 aliphatic heterocycles. The molecule has 1 N–H and O–H groups in total. The predicted molar refractivity (Wildman–Crippen MR) is 90.7 cm³/mol. The molecular formula is C18H26N4. The van der Waals surface area contributed by atoms with Gasteiger partial charge in [0.05, 0.1) is 6.54 Å². The molecule has 0 radical (unpaired) electrons. The monoisotopic (exact) mass is 298 g/mol. The van der Waals surface area contributed by atoms with Gasteiger partial charge in [0.25, 0.3) is 0 Å². The van der Waals surface area contributed by atoms with Crippen molar-refractivity contribution < 1.29 is 0 Å². The number of hydrogen-bond acceptors (Lipinski definition) is 3. The summed E-state index contributed by atoms with van der Waals surface area (Å²) in [7, 11) is 0. The van der Waals surface area contributed by atoms with Crippen LogP contribution in [0.3, 0.4) is 0 Å². The summed E-state index contributed by atoms with van der Waals surface area (Å²) in [6.45, 7) is 10.9. The third kappa shape index (κ3) is 3.17. The topological polar surface area (TPSA) is 33.1 Å². The average Bonchev–Trinajstić information content (AvgIpc) is 3.15. The number of anilines is 1. The molecule has 1 aliphatic rings. The van der Waals surface area contributed by atoms with E-state index >= 15 is 0 Å². The summed E-state index contributed by atoms with van der Waals surface area (Å²) in [5.74, 6) is 0.686. The highest BCUT2D eigenvalue weighted by Crippen LogP contribution is 2.31. The van der Waals surface area contributed by atoms with Crippen LogP contribution in [0.4, 0.5) is 5.69 Å². The molecule has 0 bridgehead atoms. The van der Waals surface area contributed by atoms with Crippen molar-refractivity contribution in [1.82, 2.24) is 14.7 Å². The van der Waals surface area contributed by atoms with Crippen molar-refractivity contribution in [2.75, 3.05) is 11.9 Å². The van der Waals surface area contributed by atoms with E-state index in [-0.39, 0.29) is 0 Å². The van der Waals surface area contributed by atoms with Gasteiger partial charge in [-0.1, -0.05) is 26.0 Å². The van der Waals surface area contributed by atoms with E-state index in [1.807, 2.05) is 23.1 Å². The van der Waals surface area contributed by atoms with Crippen molar-refractivity contribution in [2.24, 2.45) is 5.92 Å². The lowest BCUT2D eigenvalue weighted by molar-refractivity contribution is 0.170. The highest BCUT2D eigenvalue weighted by Gasteiger charge is 2.26. The normalized spacial score (nSPS) is 16.0. The zero-order valence-electron chi connectivity index (χ0n) is 13.8. The molecule has 2 aromatic rings. The quantitative estimate of drug-likeness (QED) is 0.888. The summed E-state index contributed by atoms with van der Waals surface area (Å²) < 4.78 is 1.96. The molecule has 4 heteroatoms. The first-order chi connectivity index (χ1) is 10.6. The molecule has 1 aromatic heterocycles. The summed E-state index contributed by atoms with van der Waals surface area (Å²) in [6.07, 6.45) is 3.83. The summed E-state index contributed by atoms with van der Waals surface area (Å²) in [4.78, 5) is 2.58. The molecule has 0 saturated carbocycles. The average molecular weight is 298 g/mol. The first-order valence-electron chi connectivity index (χ1n) is 8.21. The van der Waals surface area contributed by atoms with Gasteiger partial charge in [-0.05, 0) is 36.1 Å². The van der Waals surface area contributed by atoms with Crippen LogP contribution in [0.1, 0.15) is 31.9 Å². The molecular weight excluding hydrogens is 272 g/mol. The van der Waals surface area contributed by atoms with Crippen molar-refractivity contribution in [3.05, 3.63) is 47.8 Å². The summed E-state index contributed by atoms with van der Waals surface area (Å²) >= 11 is 0. The van der Waals surface area contributed by atoms with E-state index in [9.17, 15) is 0 Å². The molecule has 0 unspecified atom stereocenters. The number of fused-ring (bicyclic) bond motifs is 1. The maximum Gasteiger partial charge on any atom is 0.0582 e. The Morgan fingerprint density at radius 3 is 2.77 bits per heavy atom. The second-order valence-electron chi connectivity index (χ2n) is 6.53. The first-order valence-corrected chi connectivity index (χ1v) is 8.21. The van der Waals surface area contributed by atoms with E-state index < -0.39 is 0 Å². The van der Waals surface area contributed by atoms with E-state index in [0.29, 0.717) is 12.0 Å². The molecule has 22 heavy (non-hydrogen) atoms. The highest BCUT2D eigenvalue weighted by molar-refractivity contribution is 5.56. The molecule has 0 aliphatic carbocycles. The Balaban J connectivity index is 1.64. The van der Waals surface area contributed by atoms with Gasteiger partial charge in [0, 0.05) is 43.8 Å². The van der Waals surface area contributed by atoms with E-state index in [2.05, 4.69) is 54.3 Å². The van der Waals surface area contributed by atoms with Crippen molar-refractivity contribution in [2.45, 2.75) is 46.4 Å². The van der Waals surface area contributed by atoms with Crippen LogP contribution in [0.25, 0.3) is 0 Å². The Labute approximate surface area is 133 Å². The number of rotatable bonds is 6. The molecule has 3 rings (SSSR count). The van der Waals surface area contributed by atoms with Gasteiger partial charge in [-0.3, -0.25) is 9.58 Å². The smallest absolute Gasteiger partial charge is 0.0582 e. The fourth-order valence-electron chi connectivity index (χ4n) is 3.06. The minimum atomic E-state index is 0.615. The molecule has 0 amide bonds. The van der Waals surface area contributed by atoms with E-state index in [4.69, 9.17) is 0 Å². The lowest BCUT2D eigenvalue weighted by atomic mass is 10.1. The largest absolute Gasteiger partial charge is 0.383 e. The predicted octanol–water partition coefficient (Wildman–Crippen LogP) is 3.36. The lowest BCUT2D eigenvalue weighted by Crippen LogP contribution is -2.32.